The van der Waals surface area contributed by atoms with Crippen LogP contribution in [0.1, 0.15) is 46.0 Å². The van der Waals surface area contributed by atoms with Crippen molar-refractivity contribution in [2.45, 2.75) is 46.0 Å². The molecule has 0 aromatic rings. The lowest BCUT2D eigenvalue weighted by Gasteiger charge is -2.19. The Hall–Kier alpha value is -0.570. The van der Waals surface area contributed by atoms with Crippen molar-refractivity contribution in [3.8, 4) is 0 Å². The predicted octanol–water partition coefficient (Wildman–Crippen LogP) is 1.91. The average Bonchev–Trinajstić information content (AvgIpc) is 2.70. The van der Waals surface area contributed by atoms with Crippen molar-refractivity contribution in [1.82, 2.24) is 5.32 Å². The summed E-state index contributed by atoms with van der Waals surface area (Å²) in [6.45, 7) is 5.86. The standard InChI is InChI=1S/C13H26N2O/c1-3-11(7-8-14)9-15-13(16)12-6-4-5-10(12)2/h10-12H,3-9,14H2,1-2H3,(H,15,16). The van der Waals surface area contributed by atoms with Crippen LogP contribution in [0.4, 0.5) is 0 Å². The monoisotopic (exact) mass is 226 g/mol. The van der Waals surface area contributed by atoms with Crippen LogP contribution in [0.25, 0.3) is 0 Å². The first-order chi connectivity index (χ1) is 7.69. The van der Waals surface area contributed by atoms with Crippen molar-refractivity contribution in [3.63, 3.8) is 0 Å². The van der Waals surface area contributed by atoms with E-state index >= 15 is 0 Å². The Morgan fingerprint density at radius 2 is 2.25 bits per heavy atom. The van der Waals surface area contributed by atoms with E-state index in [-0.39, 0.29) is 11.8 Å². The summed E-state index contributed by atoms with van der Waals surface area (Å²) in [5.74, 6) is 1.64. The van der Waals surface area contributed by atoms with E-state index in [9.17, 15) is 4.79 Å². The number of carbonyl (C=O) groups excluding carboxylic acids is 1. The van der Waals surface area contributed by atoms with Crippen LogP contribution in [-0.4, -0.2) is 19.0 Å². The highest BCUT2D eigenvalue weighted by Gasteiger charge is 2.29. The lowest BCUT2D eigenvalue weighted by atomic mass is 9.96. The third-order valence-corrected chi connectivity index (χ3v) is 3.92. The van der Waals surface area contributed by atoms with Gasteiger partial charge >= 0.3 is 0 Å². The van der Waals surface area contributed by atoms with Crippen molar-refractivity contribution >= 4 is 5.91 Å². The molecule has 1 aliphatic carbocycles. The zero-order valence-corrected chi connectivity index (χ0v) is 10.7. The van der Waals surface area contributed by atoms with Gasteiger partial charge in [0.15, 0.2) is 0 Å². The highest BCUT2D eigenvalue weighted by atomic mass is 16.1. The van der Waals surface area contributed by atoms with Gasteiger partial charge in [-0.3, -0.25) is 4.79 Å². The Morgan fingerprint density at radius 3 is 2.75 bits per heavy atom. The van der Waals surface area contributed by atoms with Crippen molar-refractivity contribution in [2.75, 3.05) is 13.1 Å². The number of carbonyl (C=O) groups is 1. The number of nitrogens with one attached hydrogen (secondary N) is 1. The van der Waals surface area contributed by atoms with Gasteiger partial charge in [-0.25, -0.2) is 0 Å². The quantitative estimate of drug-likeness (QED) is 0.727. The minimum Gasteiger partial charge on any atom is -0.356 e. The number of hydrogen-bond acceptors (Lipinski definition) is 2. The number of nitrogens with two attached hydrogens (primary N) is 1. The van der Waals surface area contributed by atoms with E-state index in [0.29, 0.717) is 18.4 Å². The second-order valence-corrected chi connectivity index (χ2v) is 5.11. The Bertz CT molecular complexity index is 218. The van der Waals surface area contributed by atoms with Crippen molar-refractivity contribution < 1.29 is 4.79 Å². The van der Waals surface area contributed by atoms with E-state index in [1.165, 1.54) is 12.8 Å². The maximum atomic E-state index is 11.9. The highest BCUT2D eigenvalue weighted by Crippen LogP contribution is 2.31. The van der Waals surface area contributed by atoms with Gasteiger partial charge in [0, 0.05) is 12.5 Å². The van der Waals surface area contributed by atoms with E-state index in [1.54, 1.807) is 0 Å². The zero-order valence-electron chi connectivity index (χ0n) is 10.7. The smallest absolute Gasteiger partial charge is 0.223 e. The van der Waals surface area contributed by atoms with E-state index in [4.69, 9.17) is 5.73 Å². The maximum Gasteiger partial charge on any atom is 0.223 e. The van der Waals surface area contributed by atoms with Crippen LogP contribution < -0.4 is 11.1 Å². The summed E-state index contributed by atoms with van der Waals surface area (Å²) in [5, 5.41) is 3.10. The van der Waals surface area contributed by atoms with Gasteiger partial charge in [0.1, 0.15) is 0 Å². The molecule has 1 saturated carbocycles. The zero-order chi connectivity index (χ0) is 12.0. The molecular weight excluding hydrogens is 200 g/mol. The largest absolute Gasteiger partial charge is 0.356 e. The lowest BCUT2D eigenvalue weighted by Crippen LogP contribution is -2.35. The molecule has 0 aromatic heterocycles. The fourth-order valence-corrected chi connectivity index (χ4v) is 2.60. The minimum absolute atomic E-state index is 0.260. The number of hydrogen-bond donors (Lipinski definition) is 2. The third-order valence-electron chi connectivity index (χ3n) is 3.92. The molecule has 0 aromatic carbocycles. The lowest BCUT2D eigenvalue weighted by molar-refractivity contribution is -0.126. The van der Waals surface area contributed by atoms with Gasteiger partial charge in [-0.2, -0.15) is 0 Å². The summed E-state index contributed by atoms with van der Waals surface area (Å²) in [7, 11) is 0. The summed E-state index contributed by atoms with van der Waals surface area (Å²) in [6, 6.07) is 0. The molecule has 0 radical (unpaired) electrons. The van der Waals surface area contributed by atoms with Crippen LogP contribution in [0, 0.1) is 17.8 Å². The van der Waals surface area contributed by atoms with Crippen LogP contribution in [0.3, 0.4) is 0 Å². The van der Waals surface area contributed by atoms with Gasteiger partial charge in [0.05, 0.1) is 0 Å². The van der Waals surface area contributed by atoms with E-state index in [0.717, 1.165) is 25.8 Å². The van der Waals surface area contributed by atoms with Crippen molar-refractivity contribution in [3.05, 3.63) is 0 Å². The molecule has 0 spiro atoms. The van der Waals surface area contributed by atoms with Gasteiger partial charge < -0.3 is 11.1 Å². The van der Waals surface area contributed by atoms with Gasteiger partial charge in [-0.15, -0.1) is 0 Å². The maximum absolute atomic E-state index is 11.9. The average molecular weight is 226 g/mol. The molecule has 3 unspecified atom stereocenters. The summed E-state index contributed by atoms with van der Waals surface area (Å²) < 4.78 is 0. The molecule has 1 rings (SSSR count). The highest BCUT2D eigenvalue weighted by molar-refractivity contribution is 5.79. The third kappa shape index (κ3) is 3.78. The second-order valence-electron chi connectivity index (χ2n) is 5.11. The summed E-state index contributed by atoms with van der Waals surface area (Å²) >= 11 is 0. The Morgan fingerprint density at radius 1 is 1.50 bits per heavy atom. The van der Waals surface area contributed by atoms with E-state index < -0.39 is 0 Å². The van der Waals surface area contributed by atoms with E-state index in [1.807, 2.05) is 0 Å². The van der Waals surface area contributed by atoms with Crippen LogP contribution in [0.5, 0.6) is 0 Å². The second kappa shape index (κ2) is 6.89. The molecule has 3 N–H and O–H groups in total. The van der Waals surface area contributed by atoms with Crippen molar-refractivity contribution in [2.24, 2.45) is 23.5 Å². The Labute approximate surface area is 99.2 Å². The fourth-order valence-electron chi connectivity index (χ4n) is 2.60. The normalized spacial score (nSPS) is 26.7. The van der Waals surface area contributed by atoms with E-state index in [2.05, 4.69) is 19.2 Å². The molecule has 3 heteroatoms. The van der Waals surface area contributed by atoms with Gasteiger partial charge in [0.25, 0.3) is 0 Å². The first-order valence-corrected chi connectivity index (χ1v) is 6.66. The Balaban J connectivity index is 2.28. The van der Waals surface area contributed by atoms with Crippen LogP contribution in [-0.2, 0) is 4.79 Å². The molecule has 0 heterocycles. The number of amides is 1. The van der Waals surface area contributed by atoms with Gasteiger partial charge in [0.2, 0.25) is 5.91 Å². The molecule has 3 nitrogen and oxygen atoms in total. The van der Waals surface area contributed by atoms with Crippen LogP contribution in [0.2, 0.25) is 0 Å². The molecular formula is C13H26N2O. The fraction of sp³-hybridized carbons (Fsp3) is 0.923. The topological polar surface area (TPSA) is 55.1 Å². The SMILES string of the molecule is CCC(CCN)CNC(=O)C1CCCC1C. The Kier molecular flexibility index (Phi) is 5.81. The van der Waals surface area contributed by atoms with Crippen LogP contribution >= 0.6 is 0 Å². The molecule has 94 valence electrons. The molecule has 3 atom stereocenters. The molecule has 0 aliphatic heterocycles. The molecule has 0 saturated heterocycles. The summed E-state index contributed by atoms with van der Waals surface area (Å²) in [4.78, 5) is 11.9. The molecule has 16 heavy (non-hydrogen) atoms. The van der Waals surface area contributed by atoms with Crippen molar-refractivity contribution in [1.29, 1.82) is 0 Å². The van der Waals surface area contributed by atoms with Gasteiger partial charge in [-0.05, 0) is 37.6 Å². The van der Waals surface area contributed by atoms with Gasteiger partial charge in [-0.1, -0.05) is 26.7 Å². The molecule has 1 amide bonds. The minimum atomic E-state index is 0.260. The predicted molar refractivity (Wildman–Crippen MR) is 67.0 cm³/mol. The first kappa shape index (κ1) is 13.5. The summed E-state index contributed by atoms with van der Waals surface area (Å²) in [5.41, 5.74) is 5.54. The number of rotatable bonds is 6. The van der Waals surface area contributed by atoms with Crippen LogP contribution in [0.15, 0.2) is 0 Å². The first-order valence-electron chi connectivity index (χ1n) is 6.66. The molecule has 1 aliphatic rings. The molecule has 0 bridgehead atoms. The summed E-state index contributed by atoms with van der Waals surface area (Å²) in [6.07, 6.45) is 5.59. The molecule has 1 fully saturated rings.